The van der Waals surface area contributed by atoms with Gasteiger partial charge in [0.2, 0.25) is 12.2 Å². The van der Waals surface area contributed by atoms with Crippen LogP contribution < -0.4 is 24.3 Å². The number of carboxylic acids is 1. The maximum atomic E-state index is 13.4. The number of nitrogens with one attached hydrogen (secondary N) is 1. The van der Waals surface area contributed by atoms with Crippen LogP contribution in [-0.2, 0) is 28.7 Å². The van der Waals surface area contributed by atoms with E-state index in [0.717, 1.165) is 31.5 Å². The van der Waals surface area contributed by atoms with Gasteiger partial charge in [0.25, 0.3) is 5.91 Å². The minimum absolute atomic E-state index is 0.0114. The molecule has 0 aromatic heterocycles. The Hall–Kier alpha value is -5.92. The zero-order valence-corrected chi connectivity index (χ0v) is 24.8. The largest absolute Gasteiger partial charge is 0.493 e. The van der Waals surface area contributed by atoms with Crippen molar-refractivity contribution in [3.05, 3.63) is 77.4 Å². The van der Waals surface area contributed by atoms with Crippen LogP contribution in [-0.4, -0.2) is 67.3 Å². The molecule has 3 aromatic rings. The zero-order chi connectivity index (χ0) is 33.3. The van der Waals surface area contributed by atoms with Gasteiger partial charge in [-0.05, 0) is 55.5 Å². The molecule has 0 aliphatic carbocycles. The van der Waals surface area contributed by atoms with Crippen molar-refractivity contribution < 1.29 is 62.3 Å². The summed E-state index contributed by atoms with van der Waals surface area (Å²) >= 11 is 0. The molecule has 0 spiro atoms. The fraction of sp³-hybridized carbons (Fsp3) is 0.226. The van der Waals surface area contributed by atoms with Crippen molar-refractivity contribution in [2.45, 2.75) is 33.0 Å². The van der Waals surface area contributed by atoms with Crippen LogP contribution in [0.25, 0.3) is 0 Å². The molecule has 14 heteroatoms. The number of carboxylic acid groups (broad SMARTS) is 1. The van der Waals surface area contributed by atoms with Crippen LogP contribution >= 0.6 is 0 Å². The molecule has 45 heavy (non-hydrogen) atoms. The Morgan fingerprint density at radius 3 is 1.49 bits per heavy atom. The third kappa shape index (κ3) is 9.03. The molecule has 0 bridgehead atoms. The molecule has 3 rings (SSSR count). The van der Waals surface area contributed by atoms with Crippen molar-refractivity contribution in [1.82, 2.24) is 0 Å². The normalized spacial score (nSPS) is 11.7. The summed E-state index contributed by atoms with van der Waals surface area (Å²) in [5.74, 6) is -6.78. The number of hydrogen-bond donors (Lipinski definition) is 2. The quantitative estimate of drug-likeness (QED) is 0.221. The summed E-state index contributed by atoms with van der Waals surface area (Å²) in [5.41, 5.74) is 0.663. The van der Waals surface area contributed by atoms with Gasteiger partial charge in [0.1, 0.15) is 0 Å². The lowest BCUT2D eigenvalue weighted by Gasteiger charge is -2.24. The lowest BCUT2D eigenvalue weighted by atomic mass is 10.1. The number of anilines is 1. The fourth-order valence-electron chi connectivity index (χ4n) is 3.78. The summed E-state index contributed by atoms with van der Waals surface area (Å²) in [5, 5.41) is 12.5. The van der Waals surface area contributed by atoms with Gasteiger partial charge in [0, 0.05) is 19.5 Å². The van der Waals surface area contributed by atoms with Gasteiger partial charge in [-0.25, -0.2) is 14.4 Å². The maximum Gasteiger partial charge on any atom is 0.349 e. The molecule has 0 saturated carbocycles. The first-order valence-corrected chi connectivity index (χ1v) is 13.1. The molecule has 236 valence electrons. The standard InChI is InChI=1S/C31H29NO13/c1-16-6-10-21(11-7-16)32-28(35)26(44-30(38)19-8-12-22(42-17(2)33)24(14-19)40-4)27(29(36)37)45-31(39)20-9-13-23(43-18(3)34)25(15-20)41-5/h6-15,26-27H,1-5H3,(H,32,35)(H,36,37)/t26-,27-/m0/s1. The Kier molecular flexibility index (Phi) is 11.2. The average molecular weight is 624 g/mol. The summed E-state index contributed by atoms with van der Waals surface area (Å²) in [7, 11) is 2.50. The highest BCUT2D eigenvalue weighted by atomic mass is 16.6. The topological polar surface area (TPSA) is 190 Å². The summed E-state index contributed by atoms with van der Waals surface area (Å²) in [6, 6.07) is 13.5. The highest BCUT2D eigenvalue weighted by molar-refractivity contribution is 6.01. The molecule has 1 amide bonds. The van der Waals surface area contributed by atoms with Crippen LogP contribution in [0.3, 0.4) is 0 Å². The predicted molar refractivity (Wildman–Crippen MR) is 154 cm³/mol. The molecule has 2 atom stereocenters. The molecular formula is C31H29NO13. The molecular weight excluding hydrogens is 594 g/mol. The van der Waals surface area contributed by atoms with Gasteiger partial charge in [0.15, 0.2) is 23.0 Å². The Morgan fingerprint density at radius 2 is 1.09 bits per heavy atom. The highest BCUT2D eigenvalue weighted by Crippen LogP contribution is 2.30. The first-order valence-electron chi connectivity index (χ1n) is 13.1. The number of benzene rings is 3. The molecule has 3 aromatic carbocycles. The lowest BCUT2D eigenvalue weighted by molar-refractivity contribution is -0.157. The third-order valence-corrected chi connectivity index (χ3v) is 5.87. The second-order valence-electron chi connectivity index (χ2n) is 9.26. The van der Waals surface area contributed by atoms with E-state index < -0.39 is 48.0 Å². The number of esters is 4. The first kappa shape index (κ1) is 33.6. The molecule has 0 unspecified atom stereocenters. The van der Waals surface area contributed by atoms with Gasteiger partial charge in [0.05, 0.1) is 25.3 Å². The van der Waals surface area contributed by atoms with E-state index in [4.69, 9.17) is 28.4 Å². The van der Waals surface area contributed by atoms with Crippen molar-refractivity contribution in [3.8, 4) is 23.0 Å². The van der Waals surface area contributed by atoms with Crippen molar-refractivity contribution in [2.75, 3.05) is 19.5 Å². The van der Waals surface area contributed by atoms with Crippen LogP contribution in [0.15, 0.2) is 60.7 Å². The number of amides is 1. The number of carbonyl (C=O) groups is 6. The second-order valence-corrected chi connectivity index (χ2v) is 9.26. The molecule has 14 nitrogen and oxygen atoms in total. The Balaban J connectivity index is 1.96. The molecule has 0 aliphatic heterocycles. The van der Waals surface area contributed by atoms with E-state index >= 15 is 0 Å². The van der Waals surface area contributed by atoms with Gasteiger partial charge < -0.3 is 38.8 Å². The summed E-state index contributed by atoms with van der Waals surface area (Å²) in [6.07, 6.45) is -4.55. The molecule has 0 aliphatic rings. The molecule has 0 radical (unpaired) electrons. The van der Waals surface area contributed by atoms with Crippen molar-refractivity contribution in [1.29, 1.82) is 0 Å². The minimum atomic E-state index is -2.34. The lowest BCUT2D eigenvalue weighted by Crippen LogP contribution is -2.48. The van der Waals surface area contributed by atoms with E-state index in [-0.39, 0.29) is 39.8 Å². The number of hydrogen-bond acceptors (Lipinski definition) is 12. The van der Waals surface area contributed by atoms with Crippen molar-refractivity contribution >= 4 is 41.4 Å². The SMILES string of the molecule is COc1cc(C(=O)O[C@H](C(=O)O)[C@H](OC(=O)c2ccc(OC(C)=O)c(OC)c2)C(=O)Nc2ccc(C)cc2)ccc1OC(C)=O. The van der Waals surface area contributed by atoms with Crippen LogP contribution in [0, 0.1) is 6.92 Å². The van der Waals surface area contributed by atoms with E-state index in [1.165, 1.54) is 50.6 Å². The third-order valence-electron chi connectivity index (χ3n) is 5.87. The first-order chi connectivity index (χ1) is 21.3. The van der Waals surface area contributed by atoms with Gasteiger partial charge in [-0.1, -0.05) is 17.7 Å². The Morgan fingerprint density at radius 1 is 0.644 bits per heavy atom. The van der Waals surface area contributed by atoms with Gasteiger partial charge >= 0.3 is 29.8 Å². The summed E-state index contributed by atoms with van der Waals surface area (Å²) in [4.78, 5) is 74.7. The number of ether oxygens (including phenoxy) is 6. The van der Waals surface area contributed by atoms with Crippen LogP contribution in [0.1, 0.15) is 40.1 Å². The molecule has 2 N–H and O–H groups in total. The van der Waals surface area contributed by atoms with Crippen LogP contribution in [0.2, 0.25) is 0 Å². The zero-order valence-electron chi connectivity index (χ0n) is 24.8. The van der Waals surface area contributed by atoms with E-state index in [0.29, 0.717) is 0 Å². The highest BCUT2D eigenvalue weighted by Gasteiger charge is 2.41. The van der Waals surface area contributed by atoms with Crippen LogP contribution in [0.4, 0.5) is 5.69 Å². The Labute approximate surface area is 256 Å². The number of aliphatic carboxylic acids is 1. The average Bonchev–Trinajstić information content (AvgIpc) is 2.99. The second kappa shape index (κ2) is 15.0. The van der Waals surface area contributed by atoms with E-state index in [1.54, 1.807) is 12.1 Å². The van der Waals surface area contributed by atoms with Gasteiger partial charge in [-0.3, -0.25) is 14.4 Å². The van der Waals surface area contributed by atoms with Gasteiger partial charge in [-0.2, -0.15) is 0 Å². The van der Waals surface area contributed by atoms with Crippen molar-refractivity contribution in [2.24, 2.45) is 0 Å². The van der Waals surface area contributed by atoms with Crippen molar-refractivity contribution in [3.63, 3.8) is 0 Å². The molecule has 0 fully saturated rings. The van der Waals surface area contributed by atoms with Gasteiger partial charge in [-0.15, -0.1) is 0 Å². The number of rotatable bonds is 12. The molecule has 0 saturated heterocycles. The Bertz CT molecular complexity index is 1610. The summed E-state index contributed by atoms with van der Waals surface area (Å²) in [6.45, 7) is 4.13. The number of methoxy groups -OCH3 is 2. The smallest absolute Gasteiger partial charge is 0.349 e. The van der Waals surface area contributed by atoms with E-state index in [1.807, 2.05) is 6.92 Å². The summed E-state index contributed by atoms with van der Waals surface area (Å²) < 4.78 is 30.8. The molecule has 0 heterocycles. The monoisotopic (exact) mass is 623 g/mol. The number of aryl methyl sites for hydroxylation is 1. The van der Waals surface area contributed by atoms with E-state index in [9.17, 15) is 33.9 Å². The minimum Gasteiger partial charge on any atom is -0.493 e. The predicted octanol–water partition coefficient (Wildman–Crippen LogP) is 3.34. The fourth-order valence-corrected chi connectivity index (χ4v) is 3.78. The van der Waals surface area contributed by atoms with E-state index in [2.05, 4.69) is 5.32 Å². The number of carbonyl (C=O) groups excluding carboxylic acids is 5. The maximum absolute atomic E-state index is 13.4. The van der Waals surface area contributed by atoms with Crippen LogP contribution in [0.5, 0.6) is 23.0 Å².